The van der Waals surface area contributed by atoms with Gasteiger partial charge in [0.25, 0.3) is 0 Å². The van der Waals surface area contributed by atoms with Crippen LogP contribution in [-0.4, -0.2) is 25.6 Å². The van der Waals surface area contributed by atoms with Crippen molar-refractivity contribution in [2.24, 2.45) is 0 Å². The summed E-state index contributed by atoms with van der Waals surface area (Å²) in [6, 6.07) is 3.86. The van der Waals surface area contributed by atoms with Crippen LogP contribution in [0.5, 0.6) is 0 Å². The van der Waals surface area contributed by atoms with Crippen LogP contribution in [0.15, 0.2) is 12.1 Å². The van der Waals surface area contributed by atoms with E-state index in [1.54, 1.807) is 18.3 Å². The molecule has 0 aromatic carbocycles. The van der Waals surface area contributed by atoms with Gasteiger partial charge in [0.2, 0.25) is 0 Å². The SMILES string of the molecule is COC(OC)C(C)(O)c1ccc(C)s1. The molecule has 1 heterocycles. The molecule has 0 saturated heterocycles. The molecule has 0 spiro atoms. The molecule has 80 valence electrons. The number of rotatable bonds is 4. The number of thiophene rings is 1. The van der Waals surface area contributed by atoms with Crippen molar-refractivity contribution in [3.8, 4) is 0 Å². The second-order valence-electron chi connectivity index (χ2n) is 3.36. The van der Waals surface area contributed by atoms with Crippen molar-refractivity contribution in [2.75, 3.05) is 14.2 Å². The average molecular weight is 216 g/mol. The fourth-order valence-electron chi connectivity index (χ4n) is 1.38. The second kappa shape index (κ2) is 4.40. The molecule has 0 bridgehead atoms. The van der Waals surface area contributed by atoms with Crippen LogP contribution in [0.25, 0.3) is 0 Å². The maximum atomic E-state index is 10.2. The normalized spacial score (nSPS) is 15.9. The minimum atomic E-state index is -1.09. The van der Waals surface area contributed by atoms with Gasteiger partial charge in [-0.25, -0.2) is 0 Å². The second-order valence-corrected chi connectivity index (χ2v) is 4.65. The highest BCUT2D eigenvalue weighted by molar-refractivity contribution is 7.12. The van der Waals surface area contributed by atoms with Gasteiger partial charge in [0.05, 0.1) is 0 Å². The summed E-state index contributed by atoms with van der Waals surface area (Å²) in [5, 5.41) is 10.2. The molecule has 1 atom stereocenters. The summed E-state index contributed by atoms with van der Waals surface area (Å²) in [7, 11) is 3.03. The van der Waals surface area contributed by atoms with E-state index in [1.807, 2.05) is 19.1 Å². The molecule has 0 aliphatic heterocycles. The van der Waals surface area contributed by atoms with E-state index >= 15 is 0 Å². The molecule has 0 saturated carbocycles. The molecule has 1 N–H and O–H groups in total. The van der Waals surface area contributed by atoms with Gasteiger partial charge in [0, 0.05) is 24.0 Å². The number of hydrogen-bond acceptors (Lipinski definition) is 4. The number of aryl methyl sites for hydroxylation is 1. The van der Waals surface area contributed by atoms with Gasteiger partial charge in [0.1, 0.15) is 5.60 Å². The Morgan fingerprint density at radius 3 is 2.29 bits per heavy atom. The molecule has 1 rings (SSSR count). The molecular weight excluding hydrogens is 200 g/mol. The third kappa shape index (κ3) is 2.15. The summed E-state index contributed by atoms with van der Waals surface area (Å²) in [6.07, 6.45) is -0.638. The van der Waals surface area contributed by atoms with Gasteiger partial charge in [-0.2, -0.15) is 0 Å². The molecule has 0 fully saturated rings. The first-order chi connectivity index (χ1) is 6.52. The molecule has 4 heteroatoms. The molecule has 0 amide bonds. The molecular formula is C10H16O3S. The van der Waals surface area contributed by atoms with Crippen molar-refractivity contribution in [1.82, 2.24) is 0 Å². The lowest BCUT2D eigenvalue weighted by Gasteiger charge is -2.29. The average Bonchev–Trinajstić information content (AvgIpc) is 2.54. The Morgan fingerprint density at radius 2 is 1.93 bits per heavy atom. The highest BCUT2D eigenvalue weighted by atomic mass is 32.1. The first-order valence-electron chi connectivity index (χ1n) is 4.37. The molecule has 1 aromatic rings. The van der Waals surface area contributed by atoms with E-state index in [-0.39, 0.29) is 0 Å². The van der Waals surface area contributed by atoms with E-state index in [9.17, 15) is 5.11 Å². The Hall–Kier alpha value is -0.420. The van der Waals surface area contributed by atoms with Crippen molar-refractivity contribution in [3.63, 3.8) is 0 Å². The van der Waals surface area contributed by atoms with E-state index in [4.69, 9.17) is 9.47 Å². The fourth-order valence-corrected chi connectivity index (χ4v) is 2.30. The molecule has 0 radical (unpaired) electrons. The van der Waals surface area contributed by atoms with Gasteiger partial charge in [0.15, 0.2) is 6.29 Å². The predicted molar refractivity (Wildman–Crippen MR) is 56.4 cm³/mol. The van der Waals surface area contributed by atoms with Crippen LogP contribution in [0.4, 0.5) is 0 Å². The van der Waals surface area contributed by atoms with Gasteiger partial charge in [-0.05, 0) is 26.0 Å². The third-order valence-corrected chi connectivity index (χ3v) is 3.35. The first kappa shape index (κ1) is 11.7. The van der Waals surface area contributed by atoms with Crippen LogP contribution in [0, 0.1) is 6.92 Å². The Balaban J connectivity index is 2.93. The minimum absolute atomic E-state index is 0.638. The largest absolute Gasteiger partial charge is 0.379 e. The number of ether oxygens (including phenoxy) is 2. The smallest absolute Gasteiger partial charge is 0.190 e. The van der Waals surface area contributed by atoms with Crippen LogP contribution in [0.3, 0.4) is 0 Å². The van der Waals surface area contributed by atoms with Crippen LogP contribution in [-0.2, 0) is 15.1 Å². The van der Waals surface area contributed by atoms with Crippen molar-refractivity contribution in [2.45, 2.75) is 25.7 Å². The van der Waals surface area contributed by atoms with Crippen LogP contribution >= 0.6 is 11.3 Å². The van der Waals surface area contributed by atoms with E-state index in [0.717, 1.165) is 9.75 Å². The number of hydrogen-bond donors (Lipinski definition) is 1. The summed E-state index contributed by atoms with van der Waals surface area (Å²) in [5.41, 5.74) is -1.09. The lowest BCUT2D eigenvalue weighted by Crippen LogP contribution is -2.38. The number of aliphatic hydroxyl groups is 1. The van der Waals surface area contributed by atoms with Crippen molar-refractivity contribution >= 4 is 11.3 Å². The lowest BCUT2D eigenvalue weighted by atomic mass is 10.0. The maximum Gasteiger partial charge on any atom is 0.190 e. The van der Waals surface area contributed by atoms with Gasteiger partial charge >= 0.3 is 0 Å². The highest BCUT2D eigenvalue weighted by Crippen LogP contribution is 2.32. The van der Waals surface area contributed by atoms with Crippen molar-refractivity contribution in [1.29, 1.82) is 0 Å². The molecule has 1 unspecified atom stereocenters. The molecule has 1 aromatic heterocycles. The van der Waals surface area contributed by atoms with Gasteiger partial charge in [-0.1, -0.05) is 0 Å². The standard InChI is InChI=1S/C10H16O3S/c1-7-5-6-8(14-7)10(2,11)9(12-3)13-4/h5-6,9,11H,1-4H3. The Labute approximate surface area is 88.3 Å². The summed E-state index contributed by atoms with van der Waals surface area (Å²) >= 11 is 1.54. The predicted octanol–water partition coefficient (Wildman–Crippen LogP) is 1.88. The molecule has 3 nitrogen and oxygen atoms in total. The van der Waals surface area contributed by atoms with Crippen molar-refractivity contribution in [3.05, 3.63) is 21.9 Å². The minimum Gasteiger partial charge on any atom is -0.379 e. The van der Waals surface area contributed by atoms with Gasteiger partial charge in [-0.15, -0.1) is 11.3 Å². The zero-order valence-electron chi connectivity index (χ0n) is 8.90. The number of methoxy groups -OCH3 is 2. The highest BCUT2D eigenvalue weighted by Gasteiger charge is 2.35. The maximum absolute atomic E-state index is 10.2. The monoisotopic (exact) mass is 216 g/mol. The van der Waals surface area contributed by atoms with Crippen LogP contribution < -0.4 is 0 Å². The first-order valence-corrected chi connectivity index (χ1v) is 5.19. The van der Waals surface area contributed by atoms with Crippen LogP contribution in [0.1, 0.15) is 16.7 Å². The van der Waals surface area contributed by atoms with E-state index < -0.39 is 11.9 Å². The molecule has 14 heavy (non-hydrogen) atoms. The Bertz CT molecular complexity index is 289. The zero-order valence-corrected chi connectivity index (χ0v) is 9.72. The summed E-state index contributed by atoms with van der Waals surface area (Å²) in [5.74, 6) is 0. The van der Waals surface area contributed by atoms with Gasteiger partial charge < -0.3 is 14.6 Å². The van der Waals surface area contributed by atoms with Gasteiger partial charge in [-0.3, -0.25) is 0 Å². The molecule has 0 aliphatic carbocycles. The zero-order chi connectivity index (χ0) is 10.8. The molecule has 0 aliphatic rings. The summed E-state index contributed by atoms with van der Waals surface area (Å²) in [4.78, 5) is 2.01. The van der Waals surface area contributed by atoms with E-state index in [2.05, 4.69) is 0 Å². The lowest BCUT2D eigenvalue weighted by molar-refractivity contribution is -0.211. The van der Waals surface area contributed by atoms with E-state index in [0.29, 0.717) is 0 Å². The fraction of sp³-hybridized carbons (Fsp3) is 0.600. The Kier molecular flexibility index (Phi) is 3.66. The quantitative estimate of drug-likeness (QED) is 0.781. The topological polar surface area (TPSA) is 38.7 Å². The summed E-state index contributed by atoms with van der Waals surface area (Å²) in [6.45, 7) is 3.69. The Morgan fingerprint density at radius 1 is 1.36 bits per heavy atom. The van der Waals surface area contributed by atoms with E-state index in [1.165, 1.54) is 14.2 Å². The summed E-state index contributed by atoms with van der Waals surface area (Å²) < 4.78 is 10.1. The third-order valence-electron chi connectivity index (χ3n) is 2.13. The van der Waals surface area contributed by atoms with Crippen LogP contribution in [0.2, 0.25) is 0 Å². The van der Waals surface area contributed by atoms with Crippen molar-refractivity contribution < 1.29 is 14.6 Å².